The van der Waals surface area contributed by atoms with Gasteiger partial charge in [-0.15, -0.1) is 0 Å². The molecule has 0 amide bonds. The minimum atomic E-state index is -1.22. The number of benzene rings is 7. The molecular weight excluding hydrogens is 582 g/mol. The van der Waals surface area contributed by atoms with Gasteiger partial charge in [-0.05, 0) is 32.4 Å². The largest absolute Gasteiger partial charge is 0.195 e. The molecule has 0 aliphatic heterocycles. The zero-order valence-corrected chi connectivity index (χ0v) is 28.3. The van der Waals surface area contributed by atoms with Gasteiger partial charge in [-0.25, -0.2) is 0 Å². The topological polar surface area (TPSA) is 0 Å². The molecule has 1 atom stereocenters. The number of hydrogen-bond donors (Lipinski definition) is 0. The molecule has 47 heavy (non-hydrogen) atoms. The van der Waals surface area contributed by atoms with Crippen LogP contribution in [0.25, 0.3) is 0 Å². The lowest BCUT2D eigenvalue weighted by atomic mass is 9.13. The second kappa shape index (κ2) is 15.6. The fourth-order valence-electron chi connectivity index (χ4n) is 7.49. The molecule has 0 spiro atoms. The number of hydrogen-bond acceptors (Lipinski definition) is 0. The SMILES string of the molecule is [PH3+]CCC(c1ccccc1)(c1ccccc1)c1ccccc1.c1ccc([B-](c2ccccc2)(c2ccccc2)c2ccccc2)cc1. The van der Waals surface area contributed by atoms with Crippen molar-refractivity contribution in [3.63, 3.8) is 0 Å². The Kier molecular flexibility index (Phi) is 10.6. The van der Waals surface area contributed by atoms with Crippen molar-refractivity contribution in [1.82, 2.24) is 0 Å². The summed E-state index contributed by atoms with van der Waals surface area (Å²) >= 11 is 0. The summed E-state index contributed by atoms with van der Waals surface area (Å²) in [5, 5.41) is 0. The standard InChI is InChI=1S/C24H20B.C21H21P/c1-5-13-21(14-6-1)25(22-15-7-2-8-16-22,23-17-9-3-10-18-23)24-19-11-4-12-20-24;22-17-16-21(18-10-4-1-5-11-18,19-12-6-2-7-13-19)20-14-8-3-9-15-20/h1-20H;1-15H,16-17,22H2/q-1;/p+1. The average molecular weight is 625 g/mol. The normalized spacial score (nSPS) is 11.3. The van der Waals surface area contributed by atoms with Gasteiger partial charge in [0, 0.05) is 5.41 Å². The van der Waals surface area contributed by atoms with Crippen LogP contribution < -0.4 is 21.9 Å². The summed E-state index contributed by atoms with van der Waals surface area (Å²) in [6.07, 6.45) is 1.06. The van der Waals surface area contributed by atoms with E-state index < -0.39 is 6.15 Å². The van der Waals surface area contributed by atoms with E-state index in [2.05, 4.69) is 222 Å². The van der Waals surface area contributed by atoms with Gasteiger partial charge in [0.1, 0.15) is 6.15 Å². The van der Waals surface area contributed by atoms with Gasteiger partial charge in [0.2, 0.25) is 0 Å². The van der Waals surface area contributed by atoms with Crippen LogP contribution in [0.1, 0.15) is 23.1 Å². The van der Waals surface area contributed by atoms with Crippen LogP contribution in [0, 0.1) is 0 Å². The Morgan fingerprint density at radius 1 is 0.319 bits per heavy atom. The molecule has 0 bridgehead atoms. The molecule has 1 unspecified atom stereocenters. The summed E-state index contributed by atoms with van der Waals surface area (Å²) in [5.41, 5.74) is 9.41. The Balaban J connectivity index is 0.000000166. The average Bonchev–Trinajstić information content (AvgIpc) is 3.17. The molecule has 7 rings (SSSR count). The molecule has 7 aromatic rings. The zero-order valence-electron chi connectivity index (χ0n) is 26.9. The van der Waals surface area contributed by atoms with Crippen molar-refractivity contribution in [2.75, 3.05) is 6.16 Å². The monoisotopic (exact) mass is 624 g/mol. The van der Waals surface area contributed by atoms with Gasteiger partial charge < -0.3 is 0 Å². The van der Waals surface area contributed by atoms with E-state index in [0.717, 1.165) is 6.42 Å². The first-order valence-electron chi connectivity index (χ1n) is 16.6. The van der Waals surface area contributed by atoms with Crippen molar-refractivity contribution < 1.29 is 0 Å². The molecule has 0 aliphatic carbocycles. The summed E-state index contributed by atoms with van der Waals surface area (Å²) in [7, 11) is 2.06. The summed E-state index contributed by atoms with van der Waals surface area (Å²) in [5.74, 6) is 0. The van der Waals surface area contributed by atoms with Gasteiger partial charge in [0.05, 0.1) is 6.16 Å². The van der Waals surface area contributed by atoms with Gasteiger partial charge in [0.25, 0.3) is 0 Å². The number of rotatable bonds is 9. The maximum absolute atomic E-state index is 2.26. The first-order chi connectivity index (χ1) is 23.3. The van der Waals surface area contributed by atoms with E-state index in [0.29, 0.717) is 0 Å². The summed E-state index contributed by atoms with van der Waals surface area (Å²) in [4.78, 5) is 0. The van der Waals surface area contributed by atoms with E-state index in [-0.39, 0.29) is 5.41 Å². The van der Waals surface area contributed by atoms with Crippen LogP contribution in [-0.2, 0) is 5.41 Å². The first-order valence-corrected chi connectivity index (χ1v) is 17.6. The molecule has 0 aromatic heterocycles. The van der Waals surface area contributed by atoms with E-state index in [9.17, 15) is 0 Å². The molecule has 0 radical (unpaired) electrons. The molecule has 0 fully saturated rings. The van der Waals surface area contributed by atoms with Crippen LogP contribution in [-0.4, -0.2) is 12.3 Å². The highest BCUT2D eigenvalue weighted by Gasteiger charge is 2.36. The molecule has 2 heteroatoms. The zero-order chi connectivity index (χ0) is 32.2. The third-order valence-electron chi connectivity index (χ3n) is 9.55. The Hall–Kier alpha value is -4.97. The smallest absolute Gasteiger partial charge is 0.108 e. The van der Waals surface area contributed by atoms with Crippen LogP contribution in [0.15, 0.2) is 212 Å². The van der Waals surface area contributed by atoms with Crippen molar-refractivity contribution in [2.24, 2.45) is 0 Å². The molecule has 0 saturated heterocycles. The van der Waals surface area contributed by atoms with Gasteiger partial charge in [-0.3, -0.25) is 0 Å². The molecule has 230 valence electrons. The maximum Gasteiger partial charge on any atom is 0.108 e. The highest BCUT2D eigenvalue weighted by molar-refractivity contribution is 7.19. The van der Waals surface area contributed by atoms with Crippen molar-refractivity contribution >= 4 is 37.2 Å². The van der Waals surface area contributed by atoms with Crippen LogP contribution >= 0.6 is 9.24 Å². The lowest BCUT2D eigenvalue weighted by Crippen LogP contribution is -2.74. The quantitative estimate of drug-likeness (QED) is 0.0866. The molecule has 0 saturated carbocycles. The molecule has 0 nitrogen and oxygen atoms in total. The third-order valence-corrected chi connectivity index (χ3v) is 9.90. The molecule has 0 heterocycles. The Bertz CT molecular complexity index is 1640. The van der Waals surface area contributed by atoms with E-state index in [4.69, 9.17) is 0 Å². The van der Waals surface area contributed by atoms with Crippen molar-refractivity contribution in [3.05, 3.63) is 229 Å². The maximum atomic E-state index is 2.26. The molecular formula is C45H42BP. The molecule has 7 aromatic carbocycles. The van der Waals surface area contributed by atoms with Crippen LogP contribution in [0.5, 0.6) is 0 Å². The van der Waals surface area contributed by atoms with E-state index in [1.165, 1.54) is 44.7 Å². The van der Waals surface area contributed by atoms with Gasteiger partial charge in [-0.2, -0.15) is 21.9 Å². The summed E-state index contributed by atoms with van der Waals surface area (Å²) < 4.78 is 0. The molecule has 0 aliphatic rings. The summed E-state index contributed by atoms with van der Waals surface area (Å²) in [6.45, 7) is 0. The lowest BCUT2D eigenvalue weighted by Gasteiger charge is -2.44. The minimum Gasteiger partial charge on any atom is -0.195 e. The van der Waals surface area contributed by atoms with Crippen molar-refractivity contribution in [3.8, 4) is 0 Å². The second-order valence-electron chi connectivity index (χ2n) is 12.1. The lowest BCUT2D eigenvalue weighted by molar-refractivity contribution is 0.599. The van der Waals surface area contributed by atoms with Gasteiger partial charge in [-0.1, -0.05) is 212 Å². The molecule has 0 N–H and O–H groups in total. The van der Waals surface area contributed by atoms with E-state index in [1.807, 2.05) is 0 Å². The van der Waals surface area contributed by atoms with Crippen molar-refractivity contribution in [2.45, 2.75) is 11.8 Å². The van der Waals surface area contributed by atoms with E-state index in [1.54, 1.807) is 0 Å². The Morgan fingerprint density at radius 3 is 0.745 bits per heavy atom. The highest BCUT2D eigenvalue weighted by Crippen LogP contribution is 2.42. The Morgan fingerprint density at radius 2 is 0.532 bits per heavy atom. The predicted octanol–water partition coefficient (Wildman–Crippen LogP) is 8.08. The fraction of sp³-hybridized carbons (Fsp3) is 0.0667. The second-order valence-corrected chi connectivity index (χ2v) is 12.8. The van der Waals surface area contributed by atoms with E-state index >= 15 is 0 Å². The fourth-order valence-corrected chi connectivity index (χ4v) is 8.02. The van der Waals surface area contributed by atoms with Gasteiger partial charge in [0.15, 0.2) is 0 Å². The van der Waals surface area contributed by atoms with Crippen LogP contribution in [0.4, 0.5) is 0 Å². The van der Waals surface area contributed by atoms with Crippen molar-refractivity contribution in [1.29, 1.82) is 0 Å². The Labute approximate surface area is 283 Å². The first kappa shape index (κ1) is 32.0. The van der Waals surface area contributed by atoms with Crippen LogP contribution in [0.2, 0.25) is 0 Å². The predicted molar refractivity (Wildman–Crippen MR) is 210 cm³/mol. The third kappa shape index (κ3) is 6.64. The van der Waals surface area contributed by atoms with Crippen LogP contribution in [0.3, 0.4) is 0 Å². The summed E-state index contributed by atoms with van der Waals surface area (Å²) in [6, 6.07) is 76.3. The van der Waals surface area contributed by atoms with Gasteiger partial charge >= 0.3 is 0 Å². The minimum absolute atomic E-state index is 0.0640. The highest BCUT2D eigenvalue weighted by atomic mass is 31.0.